The normalized spacial score (nSPS) is 20.5. The Labute approximate surface area is 175 Å². The van der Waals surface area contributed by atoms with Crippen LogP contribution in [0.4, 0.5) is 10.7 Å². The van der Waals surface area contributed by atoms with E-state index in [4.69, 9.17) is 0 Å². The second kappa shape index (κ2) is 6.70. The Hall–Kier alpha value is -3.20. The van der Waals surface area contributed by atoms with Crippen molar-refractivity contribution < 1.29 is 9.59 Å². The van der Waals surface area contributed by atoms with Crippen LogP contribution in [0.2, 0.25) is 0 Å². The lowest BCUT2D eigenvalue weighted by atomic mass is 10.1. The molecule has 1 saturated heterocycles. The quantitative estimate of drug-likeness (QED) is 0.660. The van der Waals surface area contributed by atoms with Crippen molar-refractivity contribution in [2.24, 2.45) is 0 Å². The summed E-state index contributed by atoms with van der Waals surface area (Å²) in [6, 6.07) is 16.6. The van der Waals surface area contributed by atoms with Crippen LogP contribution < -0.4 is 10.2 Å². The Bertz CT molecular complexity index is 1100. The predicted molar refractivity (Wildman–Crippen MR) is 110 cm³/mol. The van der Waals surface area contributed by atoms with Gasteiger partial charge in [-0.1, -0.05) is 58.4 Å². The maximum absolute atomic E-state index is 12.8. The van der Waals surface area contributed by atoms with Crippen molar-refractivity contribution in [2.75, 3.05) is 11.9 Å². The van der Waals surface area contributed by atoms with Crippen molar-refractivity contribution >= 4 is 33.8 Å². The number of likely N-dealkylation sites (N-methyl/N-ethyl adjacent to an activating group) is 1. The number of carbonyl (C=O) groups excluding carboxylic acids is 2. The maximum Gasteiger partial charge on any atom is 0.325 e. The highest BCUT2D eigenvalue weighted by atomic mass is 79.9. The molecule has 2 aliphatic rings. The summed E-state index contributed by atoms with van der Waals surface area (Å²) in [7, 11) is 1.68. The molecule has 3 amide bonds. The van der Waals surface area contributed by atoms with Crippen LogP contribution in [0.1, 0.15) is 11.7 Å². The SMILES string of the molecule is CN1C(=O)NC(=O)C2C1n1c(-c3ccc(Br)cc3)nnc1N2Cc1ccccc1. The number of benzene rings is 2. The summed E-state index contributed by atoms with van der Waals surface area (Å²) in [5, 5.41) is 11.2. The van der Waals surface area contributed by atoms with E-state index in [1.54, 1.807) is 7.05 Å². The largest absolute Gasteiger partial charge is 0.325 e. The Balaban J connectivity index is 1.65. The molecule has 0 radical (unpaired) electrons. The molecule has 3 aromatic rings. The zero-order valence-electron chi connectivity index (χ0n) is 15.5. The van der Waals surface area contributed by atoms with Crippen LogP contribution in [0.5, 0.6) is 0 Å². The number of hydrogen-bond acceptors (Lipinski definition) is 5. The van der Waals surface area contributed by atoms with Gasteiger partial charge in [-0.05, 0) is 17.7 Å². The van der Waals surface area contributed by atoms with E-state index >= 15 is 0 Å². The molecule has 1 fully saturated rings. The number of halogens is 1. The van der Waals surface area contributed by atoms with Crippen LogP contribution in [0.15, 0.2) is 59.1 Å². The molecule has 2 aliphatic heterocycles. The summed E-state index contributed by atoms with van der Waals surface area (Å²) < 4.78 is 2.84. The number of rotatable bonds is 3. The number of anilines is 1. The fourth-order valence-electron chi connectivity index (χ4n) is 3.94. The number of urea groups is 1. The summed E-state index contributed by atoms with van der Waals surface area (Å²) in [5.41, 5.74) is 1.90. The van der Waals surface area contributed by atoms with Crippen LogP contribution in [0.25, 0.3) is 11.4 Å². The lowest BCUT2D eigenvalue weighted by Gasteiger charge is -2.37. The number of aromatic nitrogens is 3. The Kier molecular flexibility index (Phi) is 4.13. The van der Waals surface area contributed by atoms with Crippen molar-refractivity contribution in [3.8, 4) is 11.4 Å². The van der Waals surface area contributed by atoms with Gasteiger partial charge in [0.2, 0.25) is 5.95 Å². The van der Waals surface area contributed by atoms with Crippen LogP contribution in [0, 0.1) is 0 Å². The first kappa shape index (κ1) is 17.9. The highest BCUT2D eigenvalue weighted by molar-refractivity contribution is 9.10. The van der Waals surface area contributed by atoms with Crippen LogP contribution >= 0.6 is 15.9 Å². The Morgan fingerprint density at radius 3 is 2.48 bits per heavy atom. The van der Waals surface area contributed by atoms with E-state index in [0.29, 0.717) is 18.3 Å². The molecule has 2 unspecified atom stereocenters. The lowest BCUT2D eigenvalue weighted by Crippen LogP contribution is -2.61. The standard InChI is InChI=1S/C20H17BrN6O2/c1-25-18-15(17(28)22-20(25)29)26(11-12-5-3-2-4-6-12)19-24-23-16(27(18)19)13-7-9-14(21)10-8-13/h2-10,15,18H,11H2,1H3,(H,22,28,29). The first-order valence-corrected chi connectivity index (χ1v) is 9.93. The molecule has 2 atom stereocenters. The molecule has 8 nitrogen and oxygen atoms in total. The summed E-state index contributed by atoms with van der Waals surface area (Å²) in [6.45, 7) is 0.482. The number of nitrogens with one attached hydrogen (secondary N) is 1. The van der Waals surface area contributed by atoms with Gasteiger partial charge in [-0.25, -0.2) is 4.79 Å². The van der Waals surface area contributed by atoms with Crippen molar-refractivity contribution in [3.05, 3.63) is 64.6 Å². The van der Waals surface area contributed by atoms with Crippen molar-refractivity contribution in [1.82, 2.24) is 25.0 Å². The molecule has 1 aromatic heterocycles. The van der Waals surface area contributed by atoms with E-state index in [1.165, 1.54) is 4.90 Å². The molecule has 9 heteroatoms. The molecular formula is C20H17BrN6O2. The smallest absolute Gasteiger partial charge is 0.321 e. The predicted octanol–water partition coefficient (Wildman–Crippen LogP) is 2.78. The zero-order chi connectivity index (χ0) is 20.1. The van der Waals surface area contributed by atoms with Gasteiger partial charge in [-0.15, -0.1) is 10.2 Å². The zero-order valence-corrected chi connectivity index (χ0v) is 17.1. The third kappa shape index (κ3) is 2.80. The minimum Gasteiger partial charge on any atom is -0.321 e. The highest BCUT2D eigenvalue weighted by Crippen LogP contribution is 2.41. The van der Waals surface area contributed by atoms with Crippen LogP contribution in [-0.4, -0.2) is 44.7 Å². The second-order valence-electron chi connectivity index (χ2n) is 7.08. The van der Waals surface area contributed by atoms with Gasteiger partial charge < -0.3 is 9.80 Å². The topological polar surface area (TPSA) is 83.4 Å². The molecule has 0 bridgehead atoms. The molecule has 1 N–H and O–H groups in total. The van der Waals surface area contributed by atoms with Gasteiger partial charge in [0.1, 0.15) is 6.17 Å². The number of imide groups is 1. The highest BCUT2D eigenvalue weighted by Gasteiger charge is 2.52. The molecular weight excluding hydrogens is 436 g/mol. The molecule has 3 heterocycles. The van der Waals surface area contributed by atoms with Gasteiger partial charge in [0.15, 0.2) is 11.9 Å². The Morgan fingerprint density at radius 1 is 1.03 bits per heavy atom. The van der Waals surface area contributed by atoms with E-state index < -0.39 is 18.2 Å². The third-order valence-electron chi connectivity index (χ3n) is 5.33. The van der Waals surface area contributed by atoms with Crippen molar-refractivity contribution in [2.45, 2.75) is 18.8 Å². The van der Waals surface area contributed by atoms with Crippen molar-refractivity contribution in [1.29, 1.82) is 0 Å². The maximum atomic E-state index is 12.8. The average molecular weight is 453 g/mol. The number of nitrogens with zero attached hydrogens (tertiary/aromatic N) is 5. The molecule has 0 aliphatic carbocycles. The lowest BCUT2D eigenvalue weighted by molar-refractivity contribution is -0.124. The average Bonchev–Trinajstić information content (AvgIpc) is 3.27. The van der Waals surface area contributed by atoms with Gasteiger partial charge in [0.05, 0.1) is 0 Å². The first-order chi connectivity index (χ1) is 14.0. The second-order valence-corrected chi connectivity index (χ2v) is 7.99. The number of amides is 3. The van der Waals surface area contributed by atoms with Crippen molar-refractivity contribution in [3.63, 3.8) is 0 Å². The van der Waals surface area contributed by atoms with Crippen LogP contribution in [0.3, 0.4) is 0 Å². The fraction of sp³-hybridized carbons (Fsp3) is 0.200. The van der Waals surface area contributed by atoms with E-state index in [1.807, 2.05) is 64.1 Å². The van der Waals surface area contributed by atoms with E-state index in [2.05, 4.69) is 31.4 Å². The fourth-order valence-corrected chi connectivity index (χ4v) is 4.21. The summed E-state index contributed by atoms with van der Waals surface area (Å²) in [6.07, 6.45) is -0.524. The van der Waals surface area contributed by atoms with E-state index in [9.17, 15) is 9.59 Å². The summed E-state index contributed by atoms with van der Waals surface area (Å²) in [5.74, 6) is 0.854. The molecule has 0 spiro atoms. The molecule has 0 saturated carbocycles. The molecule has 2 aromatic carbocycles. The van der Waals surface area contributed by atoms with Gasteiger partial charge in [-0.2, -0.15) is 0 Å². The molecule has 146 valence electrons. The Morgan fingerprint density at radius 2 is 1.76 bits per heavy atom. The first-order valence-electron chi connectivity index (χ1n) is 9.13. The van der Waals surface area contributed by atoms with E-state index in [-0.39, 0.29) is 5.91 Å². The monoisotopic (exact) mass is 452 g/mol. The van der Waals surface area contributed by atoms with Gasteiger partial charge in [0.25, 0.3) is 5.91 Å². The minimum absolute atomic E-state index is 0.332. The van der Waals surface area contributed by atoms with Gasteiger partial charge in [-0.3, -0.25) is 14.7 Å². The van der Waals surface area contributed by atoms with E-state index in [0.717, 1.165) is 15.6 Å². The third-order valence-corrected chi connectivity index (χ3v) is 5.86. The number of carbonyl (C=O) groups is 2. The minimum atomic E-state index is -0.586. The van der Waals surface area contributed by atoms with Gasteiger partial charge in [0, 0.05) is 23.6 Å². The summed E-state index contributed by atoms with van der Waals surface area (Å²) in [4.78, 5) is 28.6. The molecule has 5 rings (SSSR count). The van der Waals surface area contributed by atoms with Crippen LogP contribution in [-0.2, 0) is 11.3 Å². The summed E-state index contributed by atoms with van der Waals surface area (Å²) >= 11 is 3.44. The van der Waals surface area contributed by atoms with Gasteiger partial charge >= 0.3 is 6.03 Å². The number of fused-ring (bicyclic) bond motifs is 3. The number of hydrogen-bond donors (Lipinski definition) is 1. The molecule has 29 heavy (non-hydrogen) atoms.